The van der Waals surface area contributed by atoms with Crippen LogP contribution in [-0.4, -0.2) is 33.8 Å². The molecular weight excluding hydrogens is 441 g/mol. The molecule has 31 heavy (non-hydrogen) atoms. The van der Waals surface area contributed by atoms with Crippen molar-refractivity contribution in [3.8, 4) is 5.75 Å². The molecule has 8 nitrogen and oxygen atoms in total. The molecule has 0 bridgehead atoms. The summed E-state index contributed by atoms with van der Waals surface area (Å²) < 4.78 is 7.68. The number of pyridine rings is 1. The zero-order valence-corrected chi connectivity index (χ0v) is 18.9. The quantitative estimate of drug-likeness (QED) is 0.471. The van der Waals surface area contributed by atoms with Gasteiger partial charge in [-0.3, -0.25) is 9.59 Å². The van der Waals surface area contributed by atoms with Crippen LogP contribution in [-0.2, 0) is 16.2 Å². The number of fused-ring (bicyclic) bond motifs is 1. The minimum atomic E-state index is -0.632. The van der Waals surface area contributed by atoms with Gasteiger partial charge in [0.15, 0.2) is 0 Å². The maximum Gasteiger partial charge on any atom is 0.243 e. The molecule has 2 amide bonds. The van der Waals surface area contributed by atoms with Crippen LogP contribution in [0.3, 0.4) is 0 Å². The Hall–Kier alpha value is -2.81. The summed E-state index contributed by atoms with van der Waals surface area (Å²) in [4.78, 5) is 28.3. The van der Waals surface area contributed by atoms with Crippen molar-refractivity contribution >= 4 is 48.0 Å². The van der Waals surface area contributed by atoms with Gasteiger partial charge in [0.1, 0.15) is 18.0 Å². The van der Waals surface area contributed by atoms with Crippen molar-refractivity contribution in [3.05, 3.63) is 60.6 Å². The number of halogens is 2. The van der Waals surface area contributed by atoms with Crippen LogP contribution in [0.25, 0.3) is 5.65 Å². The lowest BCUT2D eigenvalue weighted by Crippen LogP contribution is -2.46. The summed E-state index contributed by atoms with van der Waals surface area (Å²) in [6, 6.07) is 12.2. The molecule has 1 atom stereocenters. The summed E-state index contributed by atoms with van der Waals surface area (Å²) in [5.41, 5.74) is 8.04. The molecule has 2 heterocycles. The molecule has 0 aliphatic heterocycles. The van der Waals surface area contributed by atoms with Crippen LogP contribution in [0, 0.1) is 5.92 Å². The van der Waals surface area contributed by atoms with E-state index in [-0.39, 0.29) is 49.1 Å². The molecule has 0 spiro atoms. The van der Waals surface area contributed by atoms with Crippen LogP contribution in [0.1, 0.15) is 19.5 Å². The van der Waals surface area contributed by atoms with Gasteiger partial charge in [-0.15, -0.1) is 24.8 Å². The van der Waals surface area contributed by atoms with Gasteiger partial charge in [-0.25, -0.2) is 4.98 Å². The van der Waals surface area contributed by atoms with Gasteiger partial charge >= 0.3 is 0 Å². The molecule has 1 aromatic carbocycles. The van der Waals surface area contributed by atoms with Gasteiger partial charge in [-0.1, -0.05) is 19.9 Å². The average molecular weight is 468 g/mol. The molecule has 3 rings (SSSR count). The highest BCUT2D eigenvalue weighted by Gasteiger charge is 2.17. The van der Waals surface area contributed by atoms with Gasteiger partial charge in [-0.2, -0.15) is 0 Å². The third-order valence-corrected chi connectivity index (χ3v) is 4.38. The second-order valence-corrected chi connectivity index (χ2v) is 7.05. The molecule has 4 N–H and O–H groups in total. The summed E-state index contributed by atoms with van der Waals surface area (Å²) >= 11 is 0. The molecular formula is C21H27Cl2N5O3. The molecule has 0 fully saturated rings. The van der Waals surface area contributed by atoms with Crippen molar-refractivity contribution < 1.29 is 14.3 Å². The van der Waals surface area contributed by atoms with Crippen molar-refractivity contribution in [2.75, 3.05) is 11.9 Å². The highest BCUT2D eigenvalue weighted by molar-refractivity contribution is 5.95. The zero-order chi connectivity index (χ0) is 20.8. The summed E-state index contributed by atoms with van der Waals surface area (Å²) in [5, 5.41) is 5.25. The van der Waals surface area contributed by atoms with Gasteiger partial charge in [0, 0.05) is 18.1 Å². The van der Waals surface area contributed by atoms with Crippen LogP contribution >= 0.6 is 24.8 Å². The number of nitrogens with two attached hydrogens (primary N) is 1. The van der Waals surface area contributed by atoms with E-state index in [9.17, 15) is 9.59 Å². The minimum Gasteiger partial charge on any atom is -0.487 e. The topological polar surface area (TPSA) is 111 Å². The lowest BCUT2D eigenvalue weighted by Gasteiger charge is -2.15. The standard InChI is InChI=1S/C21H25N5O3.2ClH/c1-14(2)20(22)21(28)23-11-19(27)25-15-6-8-17(9-7-15)29-13-16-12-26-10-4-3-5-18(26)24-16;;/h3-10,12,14,20H,11,13,22H2,1-2H3,(H,23,28)(H,25,27);2*1H/t20-;;/m0../s1. The second kappa shape index (κ2) is 12.1. The molecule has 0 aliphatic rings. The van der Waals surface area contributed by atoms with Gasteiger partial charge in [0.05, 0.1) is 18.3 Å². The first-order valence-corrected chi connectivity index (χ1v) is 9.41. The number of carbonyl (C=O) groups is 2. The first kappa shape index (κ1) is 26.2. The van der Waals surface area contributed by atoms with Crippen LogP contribution in [0.4, 0.5) is 5.69 Å². The number of ether oxygens (including phenoxy) is 1. The van der Waals surface area contributed by atoms with E-state index in [1.165, 1.54) is 0 Å². The predicted molar refractivity (Wildman–Crippen MR) is 125 cm³/mol. The van der Waals surface area contributed by atoms with Crippen LogP contribution in [0.5, 0.6) is 5.75 Å². The first-order valence-electron chi connectivity index (χ1n) is 9.41. The number of hydrogen-bond acceptors (Lipinski definition) is 5. The number of anilines is 1. The number of benzene rings is 1. The molecule has 0 saturated heterocycles. The highest BCUT2D eigenvalue weighted by Crippen LogP contribution is 2.17. The first-order chi connectivity index (χ1) is 13.9. The van der Waals surface area contributed by atoms with Gasteiger partial charge in [-0.05, 0) is 42.3 Å². The molecule has 0 radical (unpaired) electrons. The zero-order valence-electron chi connectivity index (χ0n) is 17.3. The molecule has 10 heteroatoms. The SMILES string of the molecule is CC(C)[C@H](N)C(=O)NCC(=O)Nc1ccc(OCc2cn3ccccc3n2)cc1.Cl.Cl. The number of nitrogens with one attached hydrogen (secondary N) is 2. The Morgan fingerprint density at radius 3 is 2.48 bits per heavy atom. The maximum atomic E-state index is 12.0. The van der Waals surface area contributed by atoms with E-state index >= 15 is 0 Å². The van der Waals surface area contributed by atoms with Crippen molar-refractivity contribution in [1.29, 1.82) is 0 Å². The number of hydrogen-bond donors (Lipinski definition) is 3. The molecule has 168 valence electrons. The van der Waals surface area contributed by atoms with Gasteiger partial charge < -0.3 is 25.5 Å². The Labute approximate surface area is 193 Å². The van der Waals surface area contributed by atoms with Crippen molar-refractivity contribution in [3.63, 3.8) is 0 Å². The van der Waals surface area contributed by atoms with E-state index in [0.29, 0.717) is 18.0 Å². The fourth-order valence-electron chi connectivity index (χ4n) is 2.64. The van der Waals surface area contributed by atoms with E-state index in [1.807, 2.05) is 48.8 Å². The Kier molecular flexibility index (Phi) is 10.3. The van der Waals surface area contributed by atoms with Crippen molar-refractivity contribution in [2.45, 2.75) is 26.5 Å². The third kappa shape index (κ3) is 7.43. The Balaban J connectivity index is 0.00000240. The lowest BCUT2D eigenvalue weighted by molar-refractivity contribution is -0.125. The highest BCUT2D eigenvalue weighted by atomic mass is 35.5. The number of imidazole rings is 1. The largest absolute Gasteiger partial charge is 0.487 e. The second-order valence-electron chi connectivity index (χ2n) is 7.05. The number of amides is 2. The van der Waals surface area contributed by atoms with E-state index in [2.05, 4.69) is 15.6 Å². The number of nitrogens with zero attached hydrogens (tertiary/aromatic N) is 2. The lowest BCUT2D eigenvalue weighted by atomic mass is 10.1. The Morgan fingerprint density at radius 1 is 1.13 bits per heavy atom. The number of aromatic nitrogens is 2. The summed E-state index contributed by atoms with van der Waals surface area (Å²) in [6.07, 6.45) is 3.85. The minimum absolute atomic E-state index is 0. The Morgan fingerprint density at radius 2 is 1.84 bits per heavy atom. The van der Waals surface area contributed by atoms with Crippen LogP contribution < -0.4 is 21.1 Å². The van der Waals surface area contributed by atoms with Crippen molar-refractivity contribution in [1.82, 2.24) is 14.7 Å². The summed E-state index contributed by atoms with van der Waals surface area (Å²) in [7, 11) is 0. The smallest absolute Gasteiger partial charge is 0.243 e. The fraction of sp³-hybridized carbons (Fsp3) is 0.286. The fourth-order valence-corrected chi connectivity index (χ4v) is 2.64. The van der Waals surface area contributed by atoms with Crippen molar-refractivity contribution in [2.24, 2.45) is 11.7 Å². The average Bonchev–Trinajstić information content (AvgIpc) is 3.14. The molecule has 3 aromatic rings. The van der Waals surface area contributed by atoms with E-state index < -0.39 is 6.04 Å². The van der Waals surface area contributed by atoms with E-state index in [1.54, 1.807) is 24.3 Å². The monoisotopic (exact) mass is 467 g/mol. The summed E-state index contributed by atoms with van der Waals surface area (Å²) in [5.74, 6) is 0.000875. The van der Waals surface area contributed by atoms with E-state index in [4.69, 9.17) is 10.5 Å². The molecule has 0 saturated carbocycles. The third-order valence-electron chi connectivity index (χ3n) is 4.38. The maximum absolute atomic E-state index is 12.0. The normalized spacial score (nSPS) is 11.2. The number of carbonyl (C=O) groups excluding carboxylic acids is 2. The molecule has 0 aliphatic carbocycles. The summed E-state index contributed by atoms with van der Waals surface area (Å²) in [6.45, 7) is 3.91. The Bertz CT molecular complexity index is 959. The van der Waals surface area contributed by atoms with Crippen LogP contribution in [0.15, 0.2) is 54.9 Å². The van der Waals surface area contributed by atoms with Crippen LogP contribution in [0.2, 0.25) is 0 Å². The predicted octanol–water partition coefficient (Wildman–Crippen LogP) is 2.79. The van der Waals surface area contributed by atoms with Gasteiger partial charge in [0.2, 0.25) is 11.8 Å². The number of rotatable bonds is 8. The molecule has 0 unspecified atom stereocenters. The van der Waals surface area contributed by atoms with E-state index in [0.717, 1.165) is 11.3 Å². The molecule has 2 aromatic heterocycles. The van der Waals surface area contributed by atoms with Gasteiger partial charge in [0.25, 0.3) is 0 Å².